The zero-order valence-corrected chi connectivity index (χ0v) is 17.1. The molecule has 160 valence electrons. The number of ether oxygens (including phenoxy) is 1. The van der Waals surface area contributed by atoms with Crippen molar-refractivity contribution in [3.63, 3.8) is 0 Å². The van der Waals surface area contributed by atoms with E-state index < -0.39 is 17.6 Å². The number of aliphatic carboxylic acids is 1. The molecule has 3 aromatic heterocycles. The highest BCUT2D eigenvalue weighted by Gasteiger charge is 2.26. The maximum atomic E-state index is 13.4. The summed E-state index contributed by atoms with van der Waals surface area (Å²) >= 11 is 0. The first-order valence-corrected chi connectivity index (χ1v) is 9.60. The van der Waals surface area contributed by atoms with Crippen LogP contribution in [-0.2, 0) is 16.1 Å². The highest BCUT2D eigenvalue weighted by molar-refractivity contribution is 5.84. The van der Waals surface area contributed by atoms with Gasteiger partial charge in [0.15, 0.2) is 11.2 Å². The number of hydrogen-bond donors (Lipinski definition) is 1. The lowest BCUT2D eigenvalue weighted by atomic mass is 10.0. The first kappa shape index (κ1) is 20.6. The third kappa shape index (κ3) is 3.44. The average molecular weight is 425 g/mol. The lowest BCUT2D eigenvalue weighted by Crippen LogP contribution is -2.33. The molecule has 0 saturated carbocycles. The minimum Gasteiger partial charge on any atom is -0.480 e. The Hall–Kier alpha value is -3.66. The number of pyridine rings is 1. The summed E-state index contributed by atoms with van der Waals surface area (Å²) in [5.41, 5.74) is 2.03. The number of benzene rings is 1. The van der Waals surface area contributed by atoms with Gasteiger partial charge in [0, 0.05) is 13.3 Å². The monoisotopic (exact) mass is 425 g/mol. The molecule has 1 N–H and O–H groups in total. The molecule has 1 aromatic carbocycles. The fraction of sp³-hybridized carbons (Fsp3) is 0.286. The standard InChI is InChI=1S/C21H20FN5O4/c1-11(2)18(21(29)30)26-9-8-15-17(20(26)28)23-24-19-16(12-4-6-13(22)7-5-12)14(10-31-3)25-27(15)19/h4-9,11,18H,10H2,1-3H3,(H,29,30)/t18-/m0/s1. The normalized spacial score (nSPS) is 12.7. The maximum absolute atomic E-state index is 13.4. The van der Waals surface area contributed by atoms with E-state index in [0.717, 1.165) is 4.57 Å². The van der Waals surface area contributed by atoms with Gasteiger partial charge in [-0.2, -0.15) is 5.10 Å². The Morgan fingerprint density at radius 1 is 1.19 bits per heavy atom. The molecule has 0 aliphatic rings. The number of carbonyl (C=O) groups is 1. The fourth-order valence-corrected chi connectivity index (χ4v) is 3.70. The van der Waals surface area contributed by atoms with Crippen molar-refractivity contribution in [2.45, 2.75) is 26.5 Å². The number of carboxylic acids is 1. The Morgan fingerprint density at radius 2 is 1.90 bits per heavy atom. The quantitative estimate of drug-likeness (QED) is 0.505. The molecule has 0 aliphatic heterocycles. The van der Waals surface area contributed by atoms with Crippen molar-refractivity contribution >= 4 is 22.6 Å². The summed E-state index contributed by atoms with van der Waals surface area (Å²) in [4.78, 5) is 24.7. The Bertz CT molecular complexity index is 1340. The van der Waals surface area contributed by atoms with Gasteiger partial charge in [-0.1, -0.05) is 26.0 Å². The largest absolute Gasteiger partial charge is 0.480 e. The average Bonchev–Trinajstić information content (AvgIpc) is 3.08. The Balaban J connectivity index is 1.99. The van der Waals surface area contributed by atoms with Crippen LogP contribution in [0.5, 0.6) is 0 Å². The number of rotatable bonds is 6. The molecule has 0 amide bonds. The predicted molar refractivity (Wildman–Crippen MR) is 110 cm³/mol. The van der Waals surface area contributed by atoms with Crippen LogP contribution in [0.3, 0.4) is 0 Å². The maximum Gasteiger partial charge on any atom is 0.327 e. The molecule has 4 rings (SSSR count). The van der Waals surface area contributed by atoms with E-state index in [1.807, 2.05) is 0 Å². The number of nitrogens with zero attached hydrogens (tertiary/aromatic N) is 5. The van der Waals surface area contributed by atoms with E-state index in [-0.39, 0.29) is 23.9 Å². The van der Waals surface area contributed by atoms with Gasteiger partial charge in [0.1, 0.15) is 17.4 Å². The highest BCUT2D eigenvalue weighted by Crippen LogP contribution is 2.29. The zero-order chi connectivity index (χ0) is 22.3. The van der Waals surface area contributed by atoms with Crippen LogP contribution in [-0.4, -0.2) is 42.6 Å². The first-order chi connectivity index (χ1) is 14.8. The highest BCUT2D eigenvalue weighted by atomic mass is 19.1. The van der Waals surface area contributed by atoms with Crippen molar-refractivity contribution < 1.29 is 19.0 Å². The van der Waals surface area contributed by atoms with Gasteiger partial charge < -0.3 is 9.84 Å². The van der Waals surface area contributed by atoms with Crippen LogP contribution in [0, 0.1) is 11.7 Å². The summed E-state index contributed by atoms with van der Waals surface area (Å²) in [6.07, 6.45) is 1.43. The number of halogens is 1. The minimum absolute atomic E-state index is 0.000905. The molecule has 31 heavy (non-hydrogen) atoms. The van der Waals surface area contributed by atoms with Gasteiger partial charge in [-0.25, -0.2) is 13.7 Å². The third-order valence-corrected chi connectivity index (χ3v) is 5.08. The second-order valence-corrected chi connectivity index (χ2v) is 7.49. The van der Waals surface area contributed by atoms with Crippen LogP contribution in [0.1, 0.15) is 25.6 Å². The van der Waals surface area contributed by atoms with Gasteiger partial charge in [0.05, 0.1) is 17.9 Å². The lowest BCUT2D eigenvalue weighted by molar-refractivity contribution is -0.142. The summed E-state index contributed by atoms with van der Waals surface area (Å²) < 4.78 is 21.3. The molecular formula is C21H20FN5O4. The minimum atomic E-state index is -1.11. The van der Waals surface area contributed by atoms with Gasteiger partial charge >= 0.3 is 5.97 Å². The molecule has 0 fully saturated rings. The van der Waals surface area contributed by atoms with Gasteiger partial charge in [-0.05, 0) is 29.7 Å². The predicted octanol–water partition coefficient (Wildman–Crippen LogP) is 2.67. The van der Waals surface area contributed by atoms with Crippen LogP contribution in [0.25, 0.3) is 27.8 Å². The number of hydrogen-bond acceptors (Lipinski definition) is 6. The van der Waals surface area contributed by atoms with Crippen molar-refractivity contribution in [2.24, 2.45) is 5.92 Å². The zero-order valence-electron chi connectivity index (χ0n) is 17.1. The van der Waals surface area contributed by atoms with Crippen LogP contribution in [0.2, 0.25) is 0 Å². The van der Waals surface area contributed by atoms with E-state index in [1.165, 1.54) is 30.0 Å². The van der Waals surface area contributed by atoms with Gasteiger partial charge in [-0.15, -0.1) is 10.2 Å². The molecule has 3 heterocycles. The molecule has 10 heteroatoms. The summed E-state index contributed by atoms with van der Waals surface area (Å²) in [6.45, 7) is 3.62. The number of aromatic nitrogens is 5. The summed E-state index contributed by atoms with van der Waals surface area (Å²) in [7, 11) is 1.53. The topological polar surface area (TPSA) is 112 Å². The summed E-state index contributed by atoms with van der Waals surface area (Å²) in [6, 6.07) is 6.44. The lowest BCUT2D eigenvalue weighted by Gasteiger charge is -2.19. The van der Waals surface area contributed by atoms with E-state index >= 15 is 0 Å². The molecule has 1 atom stereocenters. The molecule has 0 spiro atoms. The molecule has 4 aromatic rings. The Labute approximate surface area is 175 Å². The SMILES string of the molecule is COCc1nn2c(nnc3c(=O)n([C@H](C(=O)O)C(C)C)ccc32)c1-c1ccc(F)cc1. The molecule has 0 unspecified atom stereocenters. The molecule has 0 saturated heterocycles. The number of methoxy groups -OCH3 is 1. The van der Waals surface area contributed by atoms with Crippen molar-refractivity contribution in [3.8, 4) is 11.1 Å². The summed E-state index contributed by atoms with van der Waals surface area (Å²) in [5, 5.41) is 22.4. The van der Waals surface area contributed by atoms with Crippen molar-refractivity contribution in [3.05, 3.63) is 58.4 Å². The second kappa shape index (κ2) is 7.88. The molecule has 0 bridgehead atoms. The number of carboxylic acid groups (broad SMARTS) is 1. The third-order valence-electron chi connectivity index (χ3n) is 5.08. The van der Waals surface area contributed by atoms with E-state index in [4.69, 9.17) is 4.74 Å². The molecular weight excluding hydrogens is 405 g/mol. The van der Waals surface area contributed by atoms with Crippen LogP contribution in [0.4, 0.5) is 4.39 Å². The van der Waals surface area contributed by atoms with Crippen molar-refractivity contribution in [2.75, 3.05) is 7.11 Å². The van der Waals surface area contributed by atoms with Gasteiger partial charge in [0.25, 0.3) is 5.56 Å². The van der Waals surface area contributed by atoms with E-state index in [9.17, 15) is 19.1 Å². The van der Waals surface area contributed by atoms with Gasteiger partial charge in [0.2, 0.25) is 0 Å². The Morgan fingerprint density at radius 3 is 2.52 bits per heavy atom. The first-order valence-electron chi connectivity index (χ1n) is 9.60. The van der Waals surface area contributed by atoms with E-state index in [2.05, 4.69) is 15.3 Å². The number of fused-ring (bicyclic) bond motifs is 3. The molecule has 0 aliphatic carbocycles. The summed E-state index contributed by atoms with van der Waals surface area (Å²) in [5.74, 6) is -1.79. The fourth-order valence-electron chi connectivity index (χ4n) is 3.70. The molecule has 9 nitrogen and oxygen atoms in total. The molecule has 0 radical (unpaired) electrons. The van der Waals surface area contributed by atoms with Crippen molar-refractivity contribution in [1.82, 2.24) is 24.4 Å². The van der Waals surface area contributed by atoms with Crippen LogP contribution < -0.4 is 5.56 Å². The smallest absolute Gasteiger partial charge is 0.327 e. The van der Waals surface area contributed by atoms with Crippen LogP contribution >= 0.6 is 0 Å². The Kier molecular flexibility index (Phi) is 5.24. The second-order valence-electron chi connectivity index (χ2n) is 7.49. The van der Waals surface area contributed by atoms with E-state index in [0.29, 0.717) is 28.0 Å². The van der Waals surface area contributed by atoms with E-state index in [1.54, 1.807) is 32.0 Å². The van der Waals surface area contributed by atoms with Crippen molar-refractivity contribution in [1.29, 1.82) is 0 Å². The van der Waals surface area contributed by atoms with Crippen LogP contribution in [0.15, 0.2) is 41.3 Å². The van der Waals surface area contributed by atoms with Gasteiger partial charge in [-0.3, -0.25) is 9.36 Å².